The van der Waals surface area contributed by atoms with Crippen molar-refractivity contribution in [1.29, 1.82) is 0 Å². The smallest absolute Gasteiger partial charge is 0.0572 e. The average molecular weight is 146 g/mol. The Morgan fingerprint density at radius 1 is 1.30 bits per heavy atom. The third-order valence-corrected chi connectivity index (χ3v) is 1.58. The molecule has 0 aromatic rings. The van der Waals surface area contributed by atoms with Gasteiger partial charge in [-0.2, -0.15) is 0 Å². The first kappa shape index (κ1) is 9.92. The van der Waals surface area contributed by atoms with E-state index in [1.54, 1.807) is 0 Å². The third kappa shape index (κ3) is 4.77. The van der Waals surface area contributed by atoms with E-state index in [0.29, 0.717) is 6.10 Å². The standard InChI is InChI=1S/C8H18O2/c1-4-7(2)10-8(3)5-6-9/h7-9H,4-6H2,1-3H3. The van der Waals surface area contributed by atoms with Crippen LogP contribution in [0.4, 0.5) is 0 Å². The first-order valence-corrected chi connectivity index (χ1v) is 3.97. The van der Waals surface area contributed by atoms with Gasteiger partial charge in [0.05, 0.1) is 12.2 Å². The van der Waals surface area contributed by atoms with Crippen molar-refractivity contribution in [3.63, 3.8) is 0 Å². The van der Waals surface area contributed by atoms with E-state index in [2.05, 4.69) is 6.92 Å². The van der Waals surface area contributed by atoms with E-state index in [9.17, 15) is 0 Å². The van der Waals surface area contributed by atoms with Crippen molar-refractivity contribution in [2.45, 2.75) is 45.8 Å². The van der Waals surface area contributed by atoms with Gasteiger partial charge in [0.1, 0.15) is 0 Å². The van der Waals surface area contributed by atoms with Gasteiger partial charge in [0.25, 0.3) is 0 Å². The Kier molecular flexibility index (Phi) is 5.64. The van der Waals surface area contributed by atoms with E-state index in [0.717, 1.165) is 12.8 Å². The molecule has 2 heteroatoms. The highest BCUT2D eigenvalue weighted by atomic mass is 16.5. The number of hydrogen-bond donors (Lipinski definition) is 1. The lowest BCUT2D eigenvalue weighted by atomic mass is 10.2. The summed E-state index contributed by atoms with van der Waals surface area (Å²) in [6.45, 7) is 6.35. The van der Waals surface area contributed by atoms with Crippen molar-refractivity contribution < 1.29 is 9.84 Å². The van der Waals surface area contributed by atoms with Crippen LogP contribution in [0, 0.1) is 0 Å². The summed E-state index contributed by atoms with van der Waals surface area (Å²) in [5.41, 5.74) is 0. The van der Waals surface area contributed by atoms with Gasteiger partial charge >= 0.3 is 0 Å². The van der Waals surface area contributed by atoms with Crippen molar-refractivity contribution in [2.24, 2.45) is 0 Å². The van der Waals surface area contributed by atoms with E-state index < -0.39 is 0 Å². The SMILES string of the molecule is CCC(C)OC(C)CCO. The minimum Gasteiger partial charge on any atom is -0.396 e. The summed E-state index contributed by atoms with van der Waals surface area (Å²) < 4.78 is 5.48. The van der Waals surface area contributed by atoms with E-state index in [1.165, 1.54) is 0 Å². The topological polar surface area (TPSA) is 29.5 Å². The molecule has 0 aromatic carbocycles. The summed E-state index contributed by atoms with van der Waals surface area (Å²) >= 11 is 0. The molecule has 0 saturated carbocycles. The summed E-state index contributed by atoms with van der Waals surface area (Å²) in [6.07, 6.45) is 2.29. The zero-order chi connectivity index (χ0) is 7.98. The molecule has 0 rings (SSSR count). The molecule has 2 atom stereocenters. The van der Waals surface area contributed by atoms with Crippen LogP contribution >= 0.6 is 0 Å². The third-order valence-electron chi connectivity index (χ3n) is 1.58. The quantitative estimate of drug-likeness (QED) is 0.638. The summed E-state index contributed by atoms with van der Waals surface area (Å²) in [5, 5.41) is 8.54. The minimum absolute atomic E-state index is 0.194. The highest BCUT2D eigenvalue weighted by Gasteiger charge is 2.04. The fourth-order valence-corrected chi connectivity index (χ4v) is 0.743. The molecule has 2 unspecified atom stereocenters. The summed E-state index contributed by atoms with van der Waals surface area (Å²) in [4.78, 5) is 0. The van der Waals surface area contributed by atoms with Crippen LogP contribution in [0.15, 0.2) is 0 Å². The number of aliphatic hydroxyl groups is 1. The van der Waals surface area contributed by atoms with Crippen LogP contribution in [-0.4, -0.2) is 23.9 Å². The molecular formula is C8H18O2. The Bertz CT molecular complexity index is 73.7. The van der Waals surface area contributed by atoms with Crippen molar-refractivity contribution >= 4 is 0 Å². The van der Waals surface area contributed by atoms with Crippen LogP contribution in [0.2, 0.25) is 0 Å². The minimum atomic E-state index is 0.194. The summed E-state index contributed by atoms with van der Waals surface area (Å²) in [5.74, 6) is 0. The summed E-state index contributed by atoms with van der Waals surface area (Å²) in [6, 6.07) is 0. The van der Waals surface area contributed by atoms with Gasteiger partial charge in [0.2, 0.25) is 0 Å². The number of hydrogen-bond acceptors (Lipinski definition) is 2. The Hall–Kier alpha value is -0.0800. The average Bonchev–Trinajstić information content (AvgIpc) is 1.88. The molecule has 0 aliphatic rings. The maximum atomic E-state index is 8.54. The highest BCUT2D eigenvalue weighted by molar-refractivity contribution is 4.52. The predicted molar refractivity (Wildman–Crippen MR) is 42.0 cm³/mol. The monoisotopic (exact) mass is 146 g/mol. The number of aliphatic hydroxyl groups excluding tert-OH is 1. The Labute approximate surface area is 63.2 Å². The molecule has 1 N–H and O–H groups in total. The summed E-state index contributed by atoms with van der Waals surface area (Å²) in [7, 11) is 0. The van der Waals surface area contributed by atoms with Gasteiger partial charge in [-0.15, -0.1) is 0 Å². The fraction of sp³-hybridized carbons (Fsp3) is 1.00. The van der Waals surface area contributed by atoms with Gasteiger partial charge in [-0.3, -0.25) is 0 Å². The van der Waals surface area contributed by atoms with E-state index in [-0.39, 0.29) is 12.7 Å². The molecule has 10 heavy (non-hydrogen) atoms. The van der Waals surface area contributed by atoms with E-state index in [4.69, 9.17) is 9.84 Å². The van der Waals surface area contributed by atoms with Crippen molar-refractivity contribution in [3.8, 4) is 0 Å². The van der Waals surface area contributed by atoms with Crippen molar-refractivity contribution in [1.82, 2.24) is 0 Å². The molecule has 0 heterocycles. The fourth-order valence-electron chi connectivity index (χ4n) is 0.743. The number of ether oxygens (including phenoxy) is 1. The maximum absolute atomic E-state index is 8.54. The van der Waals surface area contributed by atoms with Crippen LogP contribution < -0.4 is 0 Å². The largest absolute Gasteiger partial charge is 0.396 e. The van der Waals surface area contributed by atoms with E-state index in [1.807, 2.05) is 13.8 Å². The zero-order valence-corrected chi connectivity index (χ0v) is 7.13. The van der Waals surface area contributed by atoms with Gasteiger partial charge < -0.3 is 9.84 Å². The Balaban J connectivity index is 3.27. The molecular weight excluding hydrogens is 128 g/mol. The second kappa shape index (κ2) is 5.69. The second-order valence-corrected chi connectivity index (χ2v) is 2.68. The van der Waals surface area contributed by atoms with Gasteiger partial charge in [0, 0.05) is 6.61 Å². The van der Waals surface area contributed by atoms with E-state index >= 15 is 0 Å². The maximum Gasteiger partial charge on any atom is 0.0572 e. The molecule has 0 fully saturated rings. The Morgan fingerprint density at radius 2 is 1.90 bits per heavy atom. The molecule has 0 spiro atoms. The normalized spacial score (nSPS) is 16.8. The van der Waals surface area contributed by atoms with Crippen molar-refractivity contribution in [2.75, 3.05) is 6.61 Å². The Morgan fingerprint density at radius 3 is 2.30 bits per heavy atom. The number of rotatable bonds is 5. The lowest BCUT2D eigenvalue weighted by molar-refractivity contribution is -0.00490. The van der Waals surface area contributed by atoms with Crippen LogP contribution in [0.1, 0.15) is 33.6 Å². The molecule has 0 bridgehead atoms. The molecule has 0 amide bonds. The molecule has 0 radical (unpaired) electrons. The predicted octanol–water partition coefficient (Wildman–Crippen LogP) is 1.57. The second-order valence-electron chi connectivity index (χ2n) is 2.68. The highest BCUT2D eigenvalue weighted by Crippen LogP contribution is 2.03. The van der Waals surface area contributed by atoms with Gasteiger partial charge in [0.15, 0.2) is 0 Å². The first-order valence-electron chi connectivity index (χ1n) is 3.97. The zero-order valence-electron chi connectivity index (χ0n) is 7.13. The molecule has 2 nitrogen and oxygen atoms in total. The van der Waals surface area contributed by atoms with Crippen LogP contribution in [0.5, 0.6) is 0 Å². The van der Waals surface area contributed by atoms with Gasteiger partial charge in [-0.05, 0) is 26.7 Å². The van der Waals surface area contributed by atoms with Crippen molar-refractivity contribution in [3.05, 3.63) is 0 Å². The lowest BCUT2D eigenvalue weighted by Gasteiger charge is -2.16. The molecule has 0 aliphatic heterocycles. The first-order chi connectivity index (χ1) is 4.70. The molecule has 0 saturated heterocycles. The van der Waals surface area contributed by atoms with Gasteiger partial charge in [-0.1, -0.05) is 6.92 Å². The van der Waals surface area contributed by atoms with Crippen LogP contribution in [-0.2, 0) is 4.74 Å². The van der Waals surface area contributed by atoms with Crippen LogP contribution in [0.25, 0.3) is 0 Å². The lowest BCUT2D eigenvalue weighted by Crippen LogP contribution is -2.17. The molecule has 0 aromatic heterocycles. The van der Waals surface area contributed by atoms with Gasteiger partial charge in [-0.25, -0.2) is 0 Å². The molecule has 62 valence electrons. The van der Waals surface area contributed by atoms with Crippen LogP contribution in [0.3, 0.4) is 0 Å². The molecule has 0 aliphatic carbocycles.